The molecular weight excluding hydrogens is 200 g/mol. The van der Waals surface area contributed by atoms with Crippen LogP contribution in [0.1, 0.15) is 25.5 Å². The van der Waals surface area contributed by atoms with Gasteiger partial charge in [0.05, 0.1) is 5.69 Å². The van der Waals surface area contributed by atoms with Crippen molar-refractivity contribution in [3.05, 3.63) is 42.5 Å². The first-order valence-corrected chi connectivity index (χ1v) is 5.49. The van der Waals surface area contributed by atoms with E-state index in [1.54, 1.807) is 11.0 Å². The van der Waals surface area contributed by atoms with Crippen molar-refractivity contribution in [2.75, 3.05) is 6.54 Å². The van der Waals surface area contributed by atoms with Crippen LogP contribution in [0.3, 0.4) is 0 Å². The van der Waals surface area contributed by atoms with Gasteiger partial charge in [0.2, 0.25) is 0 Å². The monoisotopic (exact) mass is 216 g/mol. The van der Waals surface area contributed by atoms with Crippen LogP contribution in [0.5, 0.6) is 0 Å². The van der Waals surface area contributed by atoms with E-state index in [-0.39, 0.29) is 0 Å². The van der Waals surface area contributed by atoms with Crippen molar-refractivity contribution < 1.29 is 0 Å². The molecule has 0 aliphatic rings. The van der Waals surface area contributed by atoms with Gasteiger partial charge in [-0.1, -0.05) is 19.1 Å². The van der Waals surface area contributed by atoms with E-state index >= 15 is 0 Å². The SMILES string of the molecule is CCNC(C)c1ccc(-n2cncn2)cc1. The van der Waals surface area contributed by atoms with Crippen molar-refractivity contribution in [2.45, 2.75) is 19.9 Å². The molecule has 0 saturated heterocycles. The van der Waals surface area contributed by atoms with E-state index in [0.29, 0.717) is 6.04 Å². The van der Waals surface area contributed by atoms with Crippen LogP contribution in [0.15, 0.2) is 36.9 Å². The molecule has 2 aromatic rings. The predicted molar refractivity (Wildman–Crippen MR) is 63.5 cm³/mol. The smallest absolute Gasteiger partial charge is 0.138 e. The van der Waals surface area contributed by atoms with Crippen LogP contribution in [0.4, 0.5) is 0 Å². The Morgan fingerprint density at radius 3 is 2.62 bits per heavy atom. The molecular formula is C12H16N4. The van der Waals surface area contributed by atoms with E-state index < -0.39 is 0 Å². The van der Waals surface area contributed by atoms with Gasteiger partial charge in [-0.15, -0.1) is 0 Å². The minimum Gasteiger partial charge on any atom is -0.310 e. The van der Waals surface area contributed by atoms with Crippen molar-refractivity contribution in [3.63, 3.8) is 0 Å². The van der Waals surface area contributed by atoms with Gasteiger partial charge in [0.25, 0.3) is 0 Å². The Kier molecular flexibility index (Phi) is 3.31. The molecule has 0 fully saturated rings. The number of nitrogens with zero attached hydrogens (tertiary/aromatic N) is 3. The van der Waals surface area contributed by atoms with Gasteiger partial charge in [-0.2, -0.15) is 5.10 Å². The summed E-state index contributed by atoms with van der Waals surface area (Å²) in [5.74, 6) is 0. The molecule has 16 heavy (non-hydrogen) atoms. The second-order valence-electron chi connectivity index (χ2n) is 3.71. The van der Waals surface area contributed by atoms with Crippen molar-refractivity contribution in [3.8, 4) is 5.69 Å². The van der Waals surface area contributed by atoms with Gasteiger partial charge in [-0.25, -0.2) is 9.67 Å². The standard InChI is InChI=1S/C12H16N4/c1-3-14-10(2)11-4-6-12(7-5-11)16-9-13-8-15-16/h4-10,14H,3H2,1-2H3. The lowest BCUT2D eigenvalue weighted by Gasteiger charge is -2.12. The van der Waals surface area contributed by atoms with E-state index in [0.717, 1.165) is 12.2 Å². The molecule has 0 radical (unpaired) electrons. The molecule has 1 atom stereocenters. The second-order valence-corrected chi connectivity index (χ2v) is 3.71. The maximum atomic E-state index is 4.09. The lowest BCUT2D eigenvalue weighted by atomic mass is 10.1. The minimum atomic E-state index is 0.384. The van der Waals surface area contributed by atoms with E-state index in [4.69, 9.17) is 0 Å². The summed E-state index contributed by atoms with van der Waals surface area (Å²) in [6.45, 7) is 5.25. The first-order valence-electron chi connectivity index (χ1n) is 5.49. The van der Waals surface area contributed by atoms with E-state index in [1.807, 2.05) is 0 Å². The number of aromatic nitrogens is 3. The fraction of sp³-hybridized carbons (Fsp3) is 0.333. The van der Waals surface area contributed by atoms with Crippen LogP contribution in [0.25, 0.3) is 5.69 Å². The molecule has 2 rings (SSSR count). The molecule has 1 aromatic heterocycles. The molecule has 84 valence electrons. The van der Waals surface area contributed by atoms with Gasteiger partial charge in [0.15, 0.2) is 0 Å². The van der Waals surface area contributed by atoms with Gasteiger partial charge < -0.3 is 5.32 Å². The molecule has 0 amide bonds. The van der Waals surface area contributed by atoms with Crippen LogP contribution in [-0.4, -0.2) is 21.3 Å². The summed E-state index contributed by atoms with van der Waals surface area (Å²) in [7, 11) is 0. The normalized spacial score (nSPS) is 12.6. The van der Waals surface area contributed by atoms with Crippen LogP contribution < -0.4 is 5.32 Å². The molecule has 0 saturated carbocycles. The highest BCUT2D eigenvalue weighted by molar-refractivity contribution is 5.34. The number of hydrogen-bond donors (Lipinski definition) is 1. The van der Waals surface area contributed by atoms with Crippen molar-refractivity contribution >= 4 is 0 Å². The fourth-order valence-electron chi connectivity index (χ4n) is 1.68. The van der Waals surface area contributed by atoms with E-state index in [1.165, 1.54) is 11.9 Å². The average molecular weight is 216 g/mol. The Morgan fingerprint density at radius 2 is 2.06 bits per heavy atom. The third kappa shape index (κ3) is 2.28. The van der Waals surface area contributed by atoms with E-state index in [2.05, 4.69) is 53.5 Å². The average Bonchev–Trinajstić information content (AvgIpc) is 2.83. The zero-order chi connectivity index (χ0) is 11.4. The first-order chi connectivity index (χ1) is 7.81. The Bertz CT molecular complexity index is 419. The summed E-state index contributed by atoms with van der Waals surface area (Å²) in [5, 5.41) is 7.47. The summed E-state index contributed by atoms with van der Waals surface area (Å²) in [6, 6.07) is 8.72. The molecule has 1 heterocycles. The third-order valence-electron chi connectivity index (χ3n) is 2.59. The summed E-state index contributed by atoms with van der Waals surface area (Å²) in [5.41, 5.74) is 2.32. The zero-order valence-corrected chi connectivity index (χ0v) is 9.59. The summed E-state index contributed by atoms with van der Waals surface area (Å²) in [4.78, 5) is 3.93. The molecule has 4 nitrogen and oxygen atoms in total. The number of rotatable bonds is 4. The highest BCUT2D eigenvalue weighted by atomic mass is 15.3. The molecule has 1 unspecified atom stereocenters. The van der Waals surface area contributed by atoms with Crippen molar-refractivity contribution in [1.29, 1.82) is 0 Å². The van der Waals surface area contributed by atoms with Crippen LogP contribution in [0.2, 0.25) is 0 Å². The summed E-state index contributed by atoms with van der Waals surface area (Å²) >= 11 is 0. The molecule has 1 N–H and O–H groups in total. The zero-order valence-electron chi connectivity index (χ0n) is 9.59. The fourth-order valence-corrected chi connectivity index (χ4v) is 1.68. The summed E-state index contributed by atoms with van der Waals surface area (Å²) in [6.07, 6.45) is 3.23. The van der Waals surface area contributed by atoms with Gasteiger partial charge in [0, 0.05) is 6.04 Å². The molecule has 1 aromatic carbocycles. The molecule has 0 aliphatic carbocycles. The van der Waals surface area contributed by atoms with E-state index in [9.17, 15) is 0 Å². The highest BCUT2D eigenvalue weighted by Crippen LogP contribution is 2.14. The molecule has 0 spiro atoms. The third-order valence-corrected chi connectivity index (χ3v) is 2.59. The van der Waals surface area contributed by atoms with Crippen LogP contribution in [-0.2, 0) is 0 Å². The maximum Gasteiger partial charge on any atom is 0.138 e. The van der Waals surface area contributed by atoms with Gasteiger partial charge in [-0.05, 0) is 31.2 Å². The Morgan fingerprint density at radius 1 is 1.31 bits per heavy atom. The lowest BCUT2D eigenvalue weighted by Crippen LogP contribution is -2.17. The van der Waals surface area contributed by atoms with Crippen molar-refractivity contribution in [2.24, 2.45) is 0 Å². The number of benzene rings is 1. The maximum absolute atomic E-state index is 4.09. The Hall–Kier alpha value is -1.68. The topological polar surface area (TPSA) is 42.7 Å². The van der Waals surface area contributed by atoms with Gasteiger partial charge in [0.1, 0.15) is 12.7 Å². The van der Waals surface area contributed by atoms with Crippen LogP contribution in [0, 0.1) is 0 Å². The molecule has 4 heteroatoms. The van der Waals surface area contributed by atoms with Crippen LogP contribution >= 0.6 is 0 Å². The minimum absolute atomic E-state index is 0.384. The van der Waals surface area contributed by atoms with Crippen molar-refractivity contribution in [1.82, 2.24) is 20.1 Å². The number of hydrogen-bond acceptors (Lipinski definition) is 3. The first kappa shape index (κ1) is 10.8. The van der Waals surface area contributed by atoms with Gasteiger partial charge in [-0.3, -0.25) is 0 Å². The largest absolute Gasteiger partial charge is 0.310 e. The lowest BCUT2D eigenvalue weighted by molar-refractivity contribution is 0.598. The second kappa shape index (κ2) is 4.90. The van der Waals surface area contributed by atoms with Gasteiger partial charge >= 0.3 is 0 Å². The number of nitrogens with one attached hydrogen (secondary N) is 1. The molecule has 0 bridgehead atoms. The highest BCUT2D eigenvalue weighted by Gasteiger charge is 2.03. The Labute approximate surface area is 95.3 Å². The quantitative estimate of drug-likeness (QED) is 0.849. The molecule has 0 aliphatic heterocycles. The summed E-state index contributed by atoms with van der Waals surface area (Å²) < 4.78 is 1.75. The Balaban J connectivity index is 2.16. The predicted octanol–water partition coefficient (Wildman–Crippen LogP) is 1.94.